The summed E-state index contributed by atoms with van der Waals surface area (Å²) < 4.78 is 5.85. The molecule has 0 aliphatic heterocycles. The fourth-order valence-electron chi connectivity index (χ4n) is 2.74. The molecule has 0 fully saturated rings. The first-order chi connectivity index (χ1) is 13.4. The van der Waals surface area contributed by atoms with Crippen molar-refractivity contribution in [3.63, 3.8) is 0 Å². The van der Waals surface area contributed by atoms with Gasteiger partial charge in [-0.05, 0) is 37.6 Å². The third-order valence-corrected chi connectivity index (χ3v) is 4.22. The molecule has 28 heavy (non-hydrogen) atoms. The van der Waals surface area contributed by atoms with Crippen LogP contribution < -0.4 is 10.1 Å². The zero-order valence-electron chi connectivity index (χ0n) is 15.6. The number of aryl methyl sites for hydroxylation is 2. The van der Waals surface area contributed by atoms with Crippen LogP contribution in [0.15, 0.2) is 72.8 Å². The molecule has 0 unspecified atom stereocenters. The Labute approximate surface area is 162 Å². The lowest BCUT2D eigenvalue weighted by molar-refractivity contribution is -0.386. The molecule has 3 rings (SSSR count). The summed E-state index contributed by atoms with van der Waals surface area (Å²) in [5.41, 5.74) is 2.85. The Balaban J connectivity index is 1.93. The summed E-state index contributed by atoms with van der Waals surface area (Å²) in [5, 5.41) is 14.2. The third-order valence-electron chi connectivity index (χ3n) is 4.22. The minimum absolute atomic E-state index is 0.0449. The average molecular weight is 376 g/mol. The summed E-state index contributed by atoms with van der Waals surface area (Å²) in [6.07, 6.45) is -1.04. The lowest BCUT2D eigenvalue weighted by atomic mass is 10.1. The van der Waals surface area contributed by atoms with Crippen LogP contribution in [0.5, 0.6) is 5.75 Å². The Morgan fingerprint density at radius 1 is 0.964 bits per heavy atom. The molecule has 6 nitrogen and oxygen atoms in total. The van der Waals surface area contributed by atoms with Crippen LogP contribution in [-0.4, -0.2) is 10.8 Å². The van der Waals surface area contributed by atoms with E-state index in [0.29, 0.717) is 11.3 Å². The second-order valence-electron chi connectivity index (χ2n) is 6.49. The molecule has 0 heterocycles. The maximum Gasteiger partial charge on any atom is 0.311 e. The Bertz CT molecular complexity index is 985. The molecule has 0 saturated heterocycles. The number of amides is 1. The summed E-state index contributed by atoms with van der Waals surface area (Å²) >= 11 is 0. The fourth-order valence-corrected chi connectivity index (χ4v) is 2.74. The molecular weight excluding hydrogens is 356 g/mol. The number of anilines is 1. The van der Waals surface area contributed by atoms with Gasteiger partial charge >= 0.3 is 5.69 Å². The van der Waals surface area contributed by atoms with E-state index in [2.05, 4.69) is 5.32 Å². The van der Waals surface area contributed by atoms with Crippen molar-refractivity contribution >= 4 is 17.3 Å². The van der Waals surface area contributed by atoms with Gasteiger partial charge in [-0.2, -0.15) is 0 Å². The quantitative estimate of drug-likeness (QED) is 0.486. The molecule has 6 heteroatoms. The summed E-state index contributed by atoms with van der Waals surface area (Å²) in [5.74, 6) is -0.367. The SMILES string of the molecule is Cc1ccc(NC(=O)[C@H](Oc2ccc(C)cc2[N+](=O)[O-])c2ccccc2)cc1. The maximum atomic E-state index is 12.9. The Morgan fingerprint density at radius 3 is 2.25 bits per heavy atom. The Kier molecular flexibility index (Phi) is 5.69. The van der Waals surface area contributed by atoms with Gasteiger partial charge in [0.2, 0.25) is 6.10 Å². The van der Waals surface area contributed by atoms with E-state index < -0.39 is 16.9 Å². The average Bonchev–Trinajstić information content (AvgIpc) is 2.69. The monoisotopic (exact) mass is 376 g/mol. The first-order valence-electron chi connectivity index (χ1n) is 8.78. The van der Waals surface area contributed by atoms with Gasteiger partial charge < -0.3 is 10.1 Å². The van der Waals surface area contributed by atoms with Crippen molar-refractivity contribution in [3.8, 4) is 5.75 Å². The van der Waals surface area contributed by atoms with E-state index in [9.17, 15) is 14.9 Å². The van der Waals surface area contributed by atoms with Crippen LogP contribution in [-0.2, 0) is 4.79 Å². The molecule has 0 bridgehead atoms. The number of benzene rings is 3. The van der Waals surface area contributed by atoms with Gasteiger partial charge in [0.15, 0.2) is 5.75 Å². The van der Waals surface area contributed by atoms with Gasteiger partial charge in [0.1, 0.15) is 0 Å². The van der Waals surface area contributed by atoms with Crippen LogP contribution in [0.25, 0.3) is 0 Å². The second kappa shape index (κ2) is 8.35. The molecule has 0 aromatic heterocycles. The smallest absolute Gasteiger partial charge is 0.311 e. The minimum Gasteiger partial charge on any atom is -0.469 e. The van der Waals surface area contributed by atoms with Crippen molar-refractivity contribution < 1.29 is 14.5 Å². The van der Waals surface area contributed by atoms with Crippen molar-refractivity contribution in [2.45, 2.75) is 20.0 Å². The minimum atomic E-state index is -1.04. The van der Waals surface area contributed by atoms with Crippen LogP contribution in [0.1, 0.15) is 22.8 Å². The number of nitrogens with one attached hydrogen (secondary N) is 1. The normalized spacial score (nSPS) is 11.5. The molecule has 3 aromatic rings. The standard InChI is InChI=1S/C22H20N2O4/c1-15-8-11-18(12-9-15)23-22(25)21(17-6-4-3-5-7-17)28-20-13-10-16(2)14-19(20)24(26)27/h3-14,21H,1-2H3,(H,23,25)/t21-/m1/s1. The van der Waals surface area contributed by atoms with Crippen molar-refractivity contribution in [1.29, 1.82) is 0 Å². The lowest BCUT2D eigenvalue weighted by Gasteiger charge is -2.19. The number of hydrogen-bond acceptors (Lipinski definition) is 4. The van der Waals surface area contributed by atoms with E-state index in [4.69, 9.17) is 4.74 Å². The summed E-state index contributed by atoms with van der Waals surface area (Å²) in [4.78, 5) is 23.8. The number of ether oxygens (including phenoxy) is 1. The molecule has 1 N–H and O–H groups in total. The number of nitro groups is 1. The van der Waals surface area contributed by atoms with E-state index in [0.717, 1.165) is 11.1 Å². The van der Waals surface area contributed by atoms with E-state index >= 15 is 0 Å². The largest absolute Gasteiger partial charge is 0.469 e. The van der Waals surface area contributed by atoms with Crippen molar-refractivity contribution in [3.05, 3.63) is 99.6 Å². The topological polar surface area (TPSA) is 81.5 Å². The molecule has 0 aliphatic carbocycles. The molecular formula is C22H20N2O4. The van der Waals surface area contributed by atoms with Crippen molar-refractivity contribution in [2.24, 2.45) is 0 Å². The van der Waals surface area contributed by atoms with E-state index in [1.807, 2.05) is 25.1 Å². The molecule has 0 saturated carbocycles. The van der Waals surface area contributed by atoms with Crippen LogP contribution >= 0.6 is 0 Å². The number of nitrogens with zero attached hydrogens (tertiary/aromatic N) is 1. The summed E-state index contributed by atoms with van der Waals surface area (Å²) in [6, 6.07) is 20.9. The highest BCUT2D eigenvalue weighted by Gasteiger charge is 2.26. The van der Waals surface area contributed by atoms with E-state index in [1.54, 1.807) is 49.4 Å². The summed E-state index contributed by atoms with van der Waals surface area (Å²) in [7, 11) is 0. The zero-order chi connectivity index (χ0) is 20.1. The van der Waals surface area contributed by atoms with Crippen molar-refractivity contribution in [2.75, 3.05) is 5.32 Å². The first kappa shape index (κ1) is 19.1. The second-order valence-corrected chi connectivity index (χ2v) is 6.49. The molecule has 142 valence electrons. The van der Waals surface area contributed by atoms with Crippen LogP contribution in [0.3, 0.4) is 0 Å². The van der Waals surface area contributed by atoms with Crippen LogP contribution in [0.2, 0.25) is 0 Å². The van der Waals surface area contributed by atoms with Crippen molar-refractivity contribution in [1.82, 2.24) is 0 Å². The fraction of sp³-hybridized carbons (Fsp3) is 0.136. The zero-order valence-corrected chi connectivity index (χ0v) is 15.6. The van der Waals surface area contributed by atoms with Crippen LogP contribution in [0, 0.1) is 24.0 Å². The first-order valence-corrected chi connectivity index (χ1v) is 8.78. The number of nitro benzene ring substituents is 1. The molecule has 0 spiro atoms. The van der Waals surface area contributed by atoms with Gasteiger partial charge in [-0.1, -0.05) is 54.1 Å². The van der Waals surface area contributed by atoms with E-state index in [1.165, 1.54) is 12.1 Å². The molecule has 0 radical (unpaired) electrons. The molecule has 0 aliphatic rings. The van der Waals surface area contributed by atoms with Gasteiger partial charge in [-0.15, -0.1) is 0 Å². The van der Waals surface area contributed by atoms with Gasteiger partial charge in [0, 0.05) is 17.3 Å². The lowest BCUT2D eigenvalue weighted by Crippen LogP contribution is -2.26. The van der Waals surface area contributed by atoms with E-state index in [-0.39, 0.29) is 11.4 Å². The highest BCUT2D eigenvalue weighted by Crippen LogP contribution is 2.32. The molecule has 3 aromatic carbocycles. The Morgan fingerprint density at radius 2 is 1.61 bits per heavy atom. The number of hydrogen-bond donors (Lipinski definition) is 1. The maximum absolute atomic E-state index is 12.9. The van der Waals surface area contributed by atoms with Gasteiger partial charge in [-0.3, -0.25) is 14.9 Å². The number of rotatable bonds is 6. The Hall–Kier alpha value is -3.67. The predicted molar refractivity (Wildman–Crippen MR) is 107 cm³/mol. The van der Waals surface area contributed by atoms with Gasteiger partial charge in [0.05, 0.1) is 4.92 Å². The highest BCUT2D eigenvalue weighted by atomic mass is 16.6. The number of carbonyl (C=O) groups excluding carboxylic acids is 1. The number of carbonyl (C=O) groups is 1. The van der Waals surface area contributed by atoms with Gasteiger partial charge in [-0.25, -0.2) is 0 Å². The predicted octanol–water partition coefficient (Wildman–Crippen LogP) is 4.97. The highest BCUT2D eigenvalue weighted by molar-refractivity contribution is 5.95. The third kappa shape index (κ3) is 4.54. The van der Waals surface area contributed by atoms with Crippen LogP contribution in [0.4, 0.5) is 11.4 Å². The summed E-state index contributed by atoms with van der Waals surface area (Å²) in [6.45, 7) is 3.72. The molecule has 1 atom stereocenters. The molecule has 1 amide bonds. The van der Waals surface area contributed by atoms with Gasteiger partial charge in [0.25, 0.3) is 5.91 Å².